The molecule has 1 aliphatic heterocycles. The Labute approximate surface area is 439 Å². The van der Waals surface area contributed by atoms with Gasteiger partial charge in [0.1, 0.15) is 0 Å². The number of benzene rings is 8. The zero-order valence-electron chi connectivity index (χ0n) is 41.9. The number of rotatable bonds is 12. The van der Waals surface area contributed by atoms with Crippen molar-refractivity contribution in [1.29, 1.82) is 0 Å². The summed E-state index contributed by atoms with van der Waals surface area (Å²) < 4.78 is 0. The first kappa shape index (κ1) is 54.8. The summed E-state index contributed by atoms with van der Waals surface area (Å²) >= 11 is -0.346. The Morgan fingerprint density at radius 3 is 0.686 bits per heavy atom. The van der Waals surface area contributed by atoms with Crippen LogP contribution >= 0.6 is 35.2 Å². The molecule has 0 bridgehead atoms. The van der Waals surface area contributed by atoms with Crippen LogP contribution in [0.25, 0.3) is 0 Å². The first-order valence-corrected chi connectivity index (χ1v) is 31.5. The molecule has 0 aromatic heterocycles. The van der Waals surface area contributed by atoms with E-state index in [2.05, 4.69) is 290 Å². The topological polar surface area (TPSA) is 6.48 Å². The summed E-state index contributed by atoms with van der Waals surface area (Å²) in [6.45, 7) is 24.1. The van der Waals surface area contributed by atoms with Crippen LogP contribution in [0.15, 0.2) is 218 Å². The molecule has 70 heavy (non-hydrogen) atoms. The van der Waals surface area contributed by atoms with E-state index in [1.807, 2.05) is 0 Å². The van der Waals surface area contributed by atoms with Crippen LogP contribution in [0.2, 0.25) is 0 Å². The van der Waals surface area contributed by atoms with Gasteiger partial charge in [0.05, 0.1) is 0 Å². The number of nitrogens with zero attached hydrogens (tertiary/aromatic N) is 2. The number of halogens is 2. The zero-order chi connectivity index (χ0) is 49.8. The van der Waals surface area contributed by atoms with Crippen LogP contribution in [0.3, 0.4) is 0 Å². The van der Waals surface area contributed by atoms with Gasteiger partial charge >= 0.3 is 34.5 Å². The van der Waals surface area contributed by atoms with Gasteiger partial charge in [-0.25, -0.2) is 0 Å². The third-order valence-corrected chi connectivity index (χ3v) is 17.0. The molecule has 0 aliphatic carbocycles. The van der Waals surface area contributed by atoms with E-state index in [1.54, 1.807) is 0 Å². The minimum atomic E-state index is -0.446. The van der Waals surface area contributed by atoms with Crippen molar-refractivity contribution < 1.29 is 15.1 Å². The Bertz CT molecular complexity index is 2280. The van der Waals surface area contributed by atoms with Crippen molar-refractivity contribution in [2.24, 2.45) is 0 Å². The molecule has 0 spiro atoms. The first-order chi connectivity index (χ1) is 34.0. The molecule has 1 heterocycles. The van der Waals surface area contributed by atoms with Gasteiger partial charge in [0.25, 0.3) is 0 Å². The molecule has 9 rings (SSSR count). The molecule has 0 saturated carbocycles. The van der Waals surface area contributed by atoms with Gasteiger partial charge in [-0.2, -0.15) is 0 Å². The van der Waals surface area contributed by atoms with Gasteiger partial charge in [-0.1, -0.05) is 274 Å². The molecule has 362 valence electrons. The molecule has 1 saturated heterocycles. The second-order valence-corrected chi connectivity index (χ2v) is 25.4. The van der Waals surface area contributed by atoms with E-state index in [1.165, 1.54) is 65.5 Å². The predicted molar refractivity (Wildman–Crippen MR) is 309 cm³/mol. The predicted octanol–water partition coefficient (Wildman–Crippen LogP) is 15.8. The fraction of sp³-hybridized carbons (Fsp3) is 0.222. The van der Waals surface area contributed by atoms with Crippen molar-refractivity contribution in [1.82, 2.24) is 0 Å². The second-order valence-electron chi connectivity index (χ2n) is 18.3. The number of para-hydroxylation sites is 2. The van der Waals surface area contributed by atoms with E-state index >= 15 is 0 Å². The summed E-state index contributed by atoms with van der Waals surface area (Å²) in [5, 5.41) is 8.39. The fourth-order valence-corrected chi connectivity index (χ4v) is 13.4. The molecular formula is C63H68Cl2N2P2Ru. The van der Waals surface area contributed by atoms with Crippen LogP contribution in [0, 0.1) is 6.67 Å². The van der Waals surface area contributed by atoms with Crippen LogP contribution in [0.1, 0.15) is 101 Å². The van der Waals surface area contributed by atoms with Gasteiger partial charge in [-0.3, -0.25) is 0 Å². The molecule has 2 nitrogen and oxygen atoms in total. The molecule has 0 unspecified atom stereocenters. The second kappa shape index (κ2) is 28.5. The van der Waals surface area contributed by atoms with Gasteiger partial charge in [-0.05, 0) is 93.6 Å². The van der Waals surface area contributed by atoms with Crippen molar-refractivity contribution in [3.8, 4) is 0 Å². The van der Waals surface area contributed by atoms with Gasteiger partial charge < -0.3 is 9.80 Å². The molecule has 8 aromatic rings. The SMILES string of the molecule is CC(C)c1cccc(C(C)C)c1N1[C]N(c2c(C(C)C)cccc2C(C)C)CC1.[Cl][Ru][Cl].c1ccc(P(c2ccccc2)c2ccccc2)cc1.c1ccc(P(c2ccccc2)c2ccccc2)cc1. The summed E-state index contributed by atoms with van der Waals surface area (Å²) in [5.41, 5.74) is 8.43. The molecule has 8 aromatic carbocycles. The standard InChI is InChI=1S/C27H38N2.2C18H15P.2ClH.Ru/c1-18(2)22-11-9-12-23(19(3)4)26(22)28-15-16-29(17-28)27-24(20(5)6)13-10-14-25(27)21(7)8;2*1-4-10-16(11-5-1)19(17-12-6-2-7-13-17)18-14-8-3-9-15-18;;;/h9-14,18-21H,15-16H2,1-8H3;2*1-15H;2*1H;/q;;;;;+2/p-2. The Balaban J connectivity index is 0.000000172. The molecule has 2 radical (unpaired) electrons. The quantitative estimate of drug-likeness (QED) is 0.0889. The van der Waals surface area contributed by atoms with Crippen LogP contribution in [0.5, 0.6) is 0 Å². The summed E-state index contributed by atoms with van der Waals surface area (Å²) in [7, 11) is 8.82. The molecule has 7 heteroatoms. The van der Waals surface area contributed by atoms with E-state index in [-0.39, 0.29) is 15.1 Å². The minimum absolute atomic E-state index is 0.346. The summed E-state index contributed by atoms with van der Waals surface area (Å²) in [5.74, 6) is 1.98. The van der Waals surface area contributed by atoms with Gasteiger partial charge in [0.2, 0.25) is 6.67 Å². The normalized spacial score (nSPS) is 12.2. The van der Waals surface area contributed by atoms with Crippen molar-refractivity contribution >= 4 is 78.4 Å². The summed E-state index contributed by atoms with van der Waals surface area (Å²) in [6.07, 6.45) is 0. The van der Waals surface area contributed by atoms with Gasteiger partial charge in [-0.15, -0.1) is 0 Å². The maximum absolute atomic E-state index is 4.85. The largest absolute Gasteiger partial charge is 0.0622 e. The third-order valence-electron chi connectivity index (χ3n) is 12.1. The number of anilines is 2. The zero-order valence-corrected chi connectivity index (χ0v) is 46.9. The summed E-state index contributed by atoms with van der Waals surface area (Å²) in [6, 6.07) is 78.2. The van der Waals surface area contributed by atoms with E-state index in [9.17, 15) is 0 Å². The van der Waals surface area contributed by atoms with Crippen LogP contribution < -0.4 is 41.6 Å². The average molecular weight is 1090 g/mol. The average Bonchev–Trinajstić information content (AvgIpc) is 3.88. The Kier molecular flexibility index (Phi) is 22.3. The Morgan fingerprint density at radius 1 is 0.329 bits per heavy atom. The first-order valence-electron chi connectivity index (χ1n) is 24.4. The van der Waals surface area contributed by atoms with E-state index < -0.39 is 15.8 Å². The Morgan fingerprint density at radius 2 is 0.514 bits per heavy atom. The fourth-order valence-electron chi connectivity index (χ4n) is 8.77. The molecule has 1 aliphatic rings. The van der Waals surface area contributed by atoms with E-state index in [0.717, 1.165) is 13.1 Å². The monoisotopic (exact) mass is 1090 g/mol. The van der Waals surface area contributed by atoms with E-state index in [4.69, 9.17) is 19.4 Å². The maximum Gasteiger partial charge on any atom is -0.0134 e. The maximum atomic E-state index is 4.85. The van der Waals surface area contributed by atoms with Crippen molar-refractivity contribution in [3.05, 3.63) is 247 Å². The van der Waals surface area contributed by atoms with Gasteiger partial charge in [0.15, 0.2) is 0 Å². The summed E-state index contributed by atoms with van der Waals surface area (Å²) in [4.78, 5) is 4.76. The molecule has 1 fully saturated rings. The van der Waals surface area contributed by atoms with Crippen molar-refractivity contribution in [2.45, 2.75) is 79.1 Å². The third kappa shape index (κ3) is 15.0. The van der Waals surface area contributed by atoms with Crippen molar-refractivity contribution in [3.63, 3.8) is 0 Å². The number of hydrogen-bond acceptors (Lipinski definition) is 2. The smallest absolute Gasteiger partial charge is 0.0134 e. The number of hydrogen-bond donors (Lipinski definition) is 0. The van der Waals surface area contributed by atoms with E-state index in [0.29, 0.717) is 23.7 Å². The Hall–Kier alpha value is -4.58. The molecule has 0 atom stereocenters. The van der Waals surface area contributed by atoms with Crippen LogP contribution in [-0.2, 0) is 15.1 Å². The molecule has 0 amide bonds. The van der Waals surface area contributed by atoms with Crippen LogP contribution in [-0.4, -0.2) is 13.1 Å². The molecular weight excluding hydrogens is 1020 g/mol. The minimum Gasteiger partial charge on any atom is -0.0622 e. The van der Waals surface area contributed by atoms with Crippen molar-refractivity contribution in [2.75, 3.05) is 22.9 Å². The molecule has 0 N–H and O–H groups in total. The van der Waals surface area contributed by atoms with Gasteiger partial charge in [0, 0.05) is 24.5 Å². The van der Waals surface area contributed by atoms with Crippen LogP contribution in [0.4, 0.5) is 11.4 Å².